The van der Waals surface area contributed by atoms with Crippen molar-refractivity contribution in [1.29, 1.82) is 0 Å². The Kier molecular flexibility index (Phi) is 4.16. The van der Waals surface area contributed by atoms with E-state index in [1.165, 1.54) is 0 Å². The number of thiazole rings is 1. The normalized spacial score (nSPS) is 10.4. The quantitative estimate of drug-likeness (QED) is 0.932. The van der Waals surface area contributed by atoms with Crippen LogP contribution in [0.4, 0.5) is 0 Å². The van der Waals surface area contributed by atoms with Gasteiger partial charge in [0.2, 0.25) is 5.91 Å². The van der Waals surface area contributed by atoms with Crippen molar-refractivity contribution >= 4 is 17.2 Å². The van der Waals surface area contributed by atoms with E-state index in [1.807, 2.05) is 18.4 Å². The molecule has 1 aromatic carbocycles. The molecule has 0 unspecified atom stereocenters. The van der Waals surface area contributed by atoms with E-state index in [1.54, 1.807) is 41.5 Å². The molecule has 100 valence electrons. The largest absolute Gasteiger partial charge is 0.508 e. The average Bonchev–Trinajstić information content (AvgIpc) is 2.74. The van der Waals surface area contributed by atoms with E-state index in [0.717, 1.165) is 16.3 Å². The second kappa shape index (κ2) is 5.84. The van der Waals surface area contributed by atoms with Crippen LogP contribution in [-0.2, 0) is 17.8 Å². The molecule has 1 heterocycles. The molecule has 0 spiro atoms. The molecule has 19 heavy (non-hydrogen) atoms. The van der Waals surface area contributed by atoms with Gasteiger partial charge in [-0.2, -0.15) is 0 Å². The van der Waals surface area contributed by atoms with Gasteiger partial charge in [-0.25, -0.2) is 4.98 Å². The number of hydrogen-bond acceptors (Lipinski definition) is 4. The van der Waals surface area contributed by atoms with E-state index in [0.29, 0.717) is 6.54 Å². The van der Waals surface area contributed by atoms with E-state index < -0.39 is 0 Å². The van der Waals surface area contributed by atoms with E-state index in [4.69, 9.17) is 0 Å². The van der Waals surface area contributed by atoms with E-state index >= 15 is 0 Å². The molecule has 1 N–H and O–H groups in total. The smallest absolute Gasteiger partial charge is 0.227 e. The lowest BCUT2D eigenvalue weighted by molar-refractivity contribution is -0.129. The molecule has 0 aliphatic carbocycles. The minimum Gasteiger partial charge on any atom is -0.508 e. The lowest BCUT2D eigenvalue weighted by atomic mass is 10.1. The summed E-state index contributed by atoms with van der Waals surface area (Å²) in [7, 11) is 1.76. The third kappa shape index (κ3) is 3.79. The third-order valence-electron chi connectivity index (χ3n) is 2.76. The first kappa shape index (κ1) is 13.5. The van der Waals surface area contributed by atoms with Crippen molar-refractivity contribution in [2.24, 2.45) is 0 Å². The van der Waals surface area contributed by atoms with Crippen molar-refractivity contribution in [3.63, 3.8) is 0 Å². The van der Waals surface area contributed by atoms with Gasteiger partial charge in [0.1, 0.15) is 5.75 Å². The Morgan fingerprint density at radius 3 is 2.89 bits per heavy atom. The summed E-state index contributed by atoms with van der Waals surface area (Å²) in [5.41, 5.74) is 1.72. The van der Waals surface area contributed by atoms with E-state index in [-0.39, 0.29) is 18.1 Å². The summed E-state index contributed by atoms with van der Waals surface area (Å²) >= 11 is 1.58. The highest BCUT2D eigenvalue weighted by molar-refractivity contribution is 7.09. The van der Waals surface area contributed by atoms with Crippen LogP contribution in [0.2, 0.25) is 0 Å². The number of phenols is 1. The highest BCUT2D eigenvalue weighted by atomic mass is 32.1. The number of carbonyl (C=O) groups excluding carboxylic acids is 1. The molecule has 2 rings (SSSR count). The first-order valence-electron chi connectivity index (χ1n) is 5.97. The van der Waals surface area contributed by atoms with Gasteiger partial charge in [-0.3, -0.25) is 4.79 Å². The van der Waals surface area contributed by atoms with Crippen LogP contribution in [0.1, 0.15) is 16.3 Å². The standard InChI is InChI=1S/C14H16N2O2S/c1-10-15-12(9-19-10)8-16(2)14(18)7-11-4-3-5-13(17)6-11/h3-6,9,17H,7-8H2,1-2H3. The second-order valence-corrected chi connectivity index (χ2v) is 5.52. The maximum atomic E-state index is 12.1. The van der Waals surface area contributed by atoms with Crippen molar-refractivity contribution in [1.82, 2.24) is 9.88 Å². The molecule has 1 aromatic heterocycles. The molecule has 1 amide bonds. The van der Waals surface area contributed by atoms with E-state index in [9.17, 15) is 9.90 Å². The minimum atomic E-state index is 0.0104. The molecule has 0 saturated carbocycles. The number of hydrogen-bond donors (Lipinski definition) is 1. The van der Waals surface area contributed by atoms with Crippen molar-refractivity contribution in [2.45, 2.75) is 19.9 Å². The summed E-state index contributed by atoms with van der Waals surface area (Å²) in [6.07, 6.45) is 0.286. The fourth-order valence-electron chi connectivity index (χ4n) is 1.79. The van der Waals surface area contributed by atoms with Crippen molar-refractivity contribution in [3.8, 4) is 5.75 Å². The monoisotopic (exact) mass is 276 g/mol. The van der Waals surface area contributed by atoms with Gasteiger partial charge in [-0.15, -0.1) is 11.3 Å². The first-order chi connectivity index (χ1) is 9.04. The third-order valence-corrected chi connectivity index (χ3v) is 3.58. The molecular weight excluding hydrogens is 260 g/mol. The number of rotatable bonds is 4. The molecule has 0 fully saturated rings. The van der Waals surface area contributed by atoms with Gasteiger partial charge in [0, 0.05) is 12.4 Å². The van der Waals surface area contributed by atoms with Gasteiger partial charge >= 0.3 is 0 Å². The van der Waals surface area contributed by atoms with Crippen LogP contribution >= 0.6 is 11.3 Å². The number of carbonyl (C=O) groups is 1. The highest BCUT2D eigenvalue weighted by Crippen LogP contribution is 2.13. The molecule has 5 heteroatoms. The molecule has 4 nitrogen and oxygen atoms in total. The number of likely N-dealkylation sites (N-methyl/N-ethyl adjacent to an activating group) is 1. The van der Waals surface area contributed by atoms with Gasteiger partial charge in [-0.05, 0) is 24.6 Å². The van der Waals surface area contributed by atoms with Crippen LogP contribution in [0.5, 0.6) is 5.75 Å². The first-order valence-corrected chi connectivity index (χ1v) is 6.85. The summed E-state index contributed by atoms with van der Waals surface area (Å²) in [5, 5.41) is 12.3. The van der Waals surface area contributed by atoms with Crippen LogP contribution in [0.3, 0.4) is 0 Å². The minimum absolute atomic E-state index is 0.0104. The molecule has 2 aromatic rings. The van der Waals surface area contributed by atoms with Crippen molar-refractivity contribution in [2.75, 3.05) is 7.05 Å². The molecule has 0 saturated heterocycles. The second-order valence-electron chi connectivity index (χ2n) is 4.45. The van der Waals surface area contributed by atoms with E-state index in [2.05, 4.69) is 4.98 Å². The Balaban J connectivity index is 1.96. The van der Waals surface area contributed by atoms with Crippen LogP contribution in [0.25, 0.3) is 0 Å². The lowest BCUT2D eigenvalue weighted by Gasteiger charge is -2.16. The predicted molar refractivity (Wildman–Crippen MR) is 75.1 cm³/mol. The van der Waals surface area contributed by atoms with Gasteiger partial charge in [-0.1, -0.05) is 12.1 Å². The Morgan fingerprint density at radius 1 is 1.47 bits per heavy atom. The summed E-state index contributed by atoms with van der Waals surface area (Å²) in [5.74, 6) is 0.194. The Bertz CT molecular complexity index is 580. The summed E-state index contributed by atoms with van der Waals surface area (Å²) in [6.45, 7) is 2.46. The number of nitrogens with zero attached hydrogens (tertiary/aromatic N) is 2. The van der Waals surface area contributed by atoms with Gasteiger partial charge in [0.15, 0.2) is 0 Å². The number of aryl methyl sites for hydroxylation is 1. The zero-order valence-corrected chi connectivity index (χ0v) is 11.8. The van der Waals surface area contributed by atoms with Gasteiger partial charge in [0.05, 0.1) is 23.7 Å². The maximum absolute atomic E-state index is 12.1. The van der Waals surface area contributed by atoms with Crippen LogP contribution < -0.4 is 0 Å². The Hall–Kier alpha value is -1.88. The molecule has 0 aliphatic rings. The summed E-state index contributed by atoms with van der Waals surface area (Å²) < 4.78 is 0. The van der Waals surface area contributed by atoms with Crippen LogP contribution in [0.15, 0.2) is 29.6 Å². The highest BCUT2D eigenvalue weighted by Gasteiger charge is 2.11. The fraction of sp³-hybridized carbons (Fsp3) is 0.286. The van der Waals surface area contributed by atoms with Crippen LogP contribution in [-0.4, -0.2) is 27.9 Å². The van der Waals surface area contributed by atoms with Gasteiger partial charge < -0.3 is 10.0 Å². The van der Waals surface area contributed by atoms with Crippen LogP contribution in [0, 0.1) is 6.92 Å². The number of benzene rings is 1. The molecule has 0 radical (unpaired) electrons. The molecule has 0 aliphatic heterocycles. The maximum Gasteiger partial charge on any atom is 0.227 e. The Labute approximate surface area is 116 Å². The molecule has 0 atom stereocenters. The van der Waals surface area contributed by atoms with Crippen molar-refractivity contribution in [3.05, 3.63) is 45.9 Å². The molecule has 0 bridgehead atoms. The lowest BCUT2D eigenvalue weighted by Crippen LogP contribution is -2.27. The average molecular weight is 276 g/mol. The topological polar surface area (TPSA) is 53.4 Å². The number of aromatic hydroxyl groups is 1. The zero-order chi connectivity index (χ0) is 13.8. The zero-order valence-electron chi connectivity index (χ0n) is 11.0. The SMILES string of the molecule is Cc1nc(CN(C)C(=O)Cc2cccc(O)c2)cs1. The van der Waals surface area contributed by atoms with Gasteiger partial charge in [0.25, 0.3) is 0 Å². The summed E-state index contributed by atoms with van der Waals surface area (Å²) in [4.78, 5) is 18.0. The number of phenolic OH excluding ortho intramolecular Hbond substituents is 1. The predicted octanol–water partition coefficient (Wildman–Crippen LogP) is 2.36. The molecular formula is C14H16N2O2S. The fourth-order valence-corrected chi connectivity index (χ4v) is 2.39. The summed E-state index contributed by atoms with van der Waals surface area (Å²) in [6, 6.07) is 6.77. The number of aromatic nitrogens is 1. The van der Waals surface area contributed by atoms with Crippen molar-refractivity contribution < 1.29 is 9.90 Å². The number of amides is 1. The Morgan fingerprint density at radius 2 is 2.26 bits per heavy atom.